The molecule has 0 bridgehead atoms. The summed E-state index contributed by atoms with van der Waals surface area (Å²) in [5.74, 6) is -0.309. The van der Waals surface area contributed by atoms with Gasteiger partial charge in [0.25, 0.3) is 0 Å². The van der Waals surface area contributed by atoms with Crippen LogP contribution in [0, 0.1) is 5.92 Å². The van der Waals surface area contributed by atoms with E-state index < -0.39 is 0 Å². The zero-order valence-corrected chi connectivity index (χ0v) is 16.7. The van der Waals surface area contributed by atoms with Gasteiger partial charge in [0.05, 0.1) is 5.92 Å². The molecule has 0 aliphatic rings. The van der Waals surface area contributed by atoms with Gasteiger partial charge in [-0.15, -0.1) is 6.58 Å². The maximum absolute atomic E-state index is 11.8. The van der Waals surface area contributed by atoms with E-state index in [2.05, 4.69) is 13.5 Å². The summed E-state index contributed by atoms with van der Waals surface area (Å²) in [6.07, 6.45) is 11.1. The Hall–Kier alpha value is -1.32. The third-order valence-corrected chi connectivity index (χ3v) is 4.28. The Morgan fingerprint density at radius 1 is 0.920 bits per heavy atom. The summed E-state index contributed by atoms with van der Waals surface area (Å²) >= 11 is 0. The lowest BCUT2D eigenvalue weighted by atomic mass is 10.0. The van der Waals surface area contributed by atoms with Gasteiger partial charge in [0.15, 0.2) is 0 Å². The number of ether oxygens (including phenoxy) is 2. The predicted molar refractivity (Wildman–Crippen MR) is 102 cm³/mol. The molecule has 0 aromatic heterocycles. The quantitative estimate of drug-likeness (QED) is 0.218. The summed E-state index contributed by atoms with van der Waals surface area (Å²) in [4.78, 5) is 23.2. The highest BCUT2D eigenvalue weighted by atomic mass is 16.5. The van der Waals surface area contributed by atoms with E-state index in [0.29, 0.717) is 6.42 Å². The van der Waals surface area contributed by atoms with Crippen LogP contribution in [0.5, 0.6) is 0 Å². The normalized spacial score (nSPS) is 13.3. The molecule has 0 rings (SSSR count). The van der Waals surface area contributed by atoms with Gasteiger partial charge in [0.2, 0.25) is 0 Å². The minimum atomic E-state index is -0.116. The van der Waals surface area contributed by atoms with Gasteiger partial charge in [0.1, 0.15) is 12.2 Å². The van der Waals surface area contributed by atoms with Crippen LogP contribution in [0.3, 0.4) is 0 Å². The lowest BCUT2D eigenvalue weighted by molar-refractivity contribution is -0.153. The van der Waals surface area contributed by atoms with Crippen molar-refractivity contribution in [2.45, 2.75) is 104 Å². The zero-order chi connectivity index (χ0) is 19.1. The maximum atomic E-state index is 11.8. The highest BCUT2D eigenvalue weighted by Crippen LogP contribution is 2.17. The van der Waals surface area contributed by atoms with E-state index in [9.17, 15) is 9.59 Å². The molecular weight excluding hydrogens is 316 g/mol. The summed E-state index contributed by atoms with van der Waals surface area (Å²) in [5, 5.41) is 0. The summed E-state index contributed by atoms with van der Waals surface area (Å²) < 4.78 is 11.0. The van der Waals surface area contributed by atoms with Gasteiger partial charge in [-0.2, -0.15) is 0 Å². The van der Waals surface area contributed by atoms with Crippen LogP contribution in [0.4, 0.5) is 0 Å². The van der Waals surface area contributed by atoms with Gasteiger partial charge in [-0.25, -0.2) is 0 Å². The molecule has 2 atom stereocenters. The first kappa shape index (κ1) is 23.7. The molecule has 0 saturated heterocycles. The molecule has 0 aliphatic carbocycles. The molecule has 0 aromatic rings. The molecular formula is C21H38O4. The molecule has 0 aromatic carbocycles. The number of allylic oxidation sites excluding steroid dienone is 1. The van der Waals surface area contributed by atoms with Crippen molar-refractivity contribution in [2.75, 3.05) is 0 Å². The first-order valence-corrected chi connectivity index (χ1v) is 9.95. The SMILES string of the molecule is C=CCCCC(CCCCCC(CC)OC(=O)CC)OC(=O)C(C)C. The molecule has 0 aliphatic heterocycles. The van der Waals surface area contributed by atoms with Crippen LogP contribution < -0.4 is 0 Å². The number of carbonyl (C=O) groups excluding carboxylic acids is 2. The van der Waals surface area contributed by atoms with Crippen molar-refractivity contribution in [3.8, 4) is 0 Å². The van der Waals surface area contributed by atoms with Gasteiger partial charge < -0.3 is 9.47 Å². The van der Waals surface area contributed by atoms with Crippen molar-refractivity contribution in [3.05, 3.63) is 12.7 Å². The molecule has 4 heteroatoms. The van der Waals surface area contributed by atoms with E-state index in [1.165, 1.54) is 0 Å². The van der Waals surface area contributed by atoms with Gasteiger partial charge in [-0.1, -0.05) is 40.2 Å². The van der Waals surface area contributed by atoms with E-state index in [1.54, 1.807) is 0 Å². The summed E-state index contributed by atoms with van der Waals surface area (Å²) in [7, 11) is 0. The van der Waals surface area contributed by atoms with E-state index >= 15 is 0 Å². The fraction of sp³-hybridized carbons (Fsp3) is 0.810. The molecule has 2 unspecified atom stereocenters. The van der Waals surface area contributed by atoms with Crippen LogP contribution in [0.15, 0.2) is 12.7 Å². The largest absolute Gasteiger partial charge is 0.462 e. The molecule has 0 radical (unpaired) electrons. The average molecular weight is 355 g/mol. The van der Waals surface area contributed by atoms with E-state index in [0.717, 1.165) is 57.8 Å². The summed E-state index contributed by atoms with van der Waals surface area (Å²) in [5.41, 5.74) is 0. The maximum Gasteiger partial charge on any atom is 0.308 e. The number of unbranched alkanes of at least 4 members (excludes halogenated alkanes) is 3. The monoisotopic (exact) mass is 354 g/mol. The van der Waals surface area contributed by atoms with Crippen LogP contribution in [0.1, 0.15) is 91.9 Å². The third-order valence-electron chi connectivity index (χ3n) is 4.28. The standard InChI is InChI=1S/C21H38O4/c1-6-9-11-15-19(25-21(23)17(4)5)16-13-10-12-14-18(7-2)24-20(22)8-3/h6,17-19H,1,7-16H2,2-5H3. The van der Waals surface area contributed by atoms with E-state index in [4.69, 9.17) is 9.47 Å². The Balaban J connectivity index is 4.11. The lowest BCUT2D eigenvalue weighted by Gasteiger charge is -2.19. The predicted octanol–water partition coefficient (Wildman–Crippen LogP) is 5.59. The second-order valence-electron chi connectivity index (χ2n) is 6.94. The van der Waals surface area contributed by atoms with E-state index in [-0.39, 0.29) is 30.1 Å². The van der Waals surface area contributed by atoms with E-state index in [1.807, 2.05) is 26.8 Å². The molecule has 4 nitrogen and oxygen atoms in total. The number of carbonyl (C=O) groups is 2. The fourth-order valence-corrected chi connectivity index (χ4v) is 2.59. The van der Waals surface area contributed by atoms with Crippen LogP contribution in [0.2, 0.25) is 0 Å². The first-order chi connectivity index (χ1) is 11.9. The molecule has 0 heterocycles. The molecule has 0 fully saturated rings. The van der Waals surface area contributed by atoms with Crippen molar-refractivity contribution in [2.24, 2.45) is 5.92 Å². The zero-order valence-electron chi connectivity index (χ0n) is 16.7. The Morgan fingerprint density at radius 3 is 2.04 bits per heavy atom. The first-order valence-electron chi connectivity index (χ1n) is 9.95. The Bertz CT molecular complexity index is 376. The van der Waals surface area contributed by atoms with Crippen molar-refractivity contribution < 1.29 is 19.1 Å². The molecule has 146 valence electrons. The minimum absolute atomic E-state index is 0.00902. The van der Waals surface area contributed by atoms with Crippen LogP contribution in [0.25, 0.3) is 0 Å². The van der Waals surface area contributed by atoms with Crippen LogP contribution in [-0.2, 0) is 19.1 Å². The molecule has 25 heavy (non-hydrogen) atoms. The smallest absolute Gasteiger partial charge is 0.308 e. The van der Waals surface area contributed by atoms with Crippen molar-refractivity contribution in [3.63, 3.8) is 0 Å². The van der Waals surface area contributed by atoms with Crippen molar-refractivity contribution in [1.82, 2.24) is 0 Å². The van der Waals surface area contributed by atoms with Crippen LogP contribution in [-0.4, -0.2) is 24.1 Å². The number of rotatable bonds is 15. The average Bonchev–Trinajstić information content (AvgIpc) is 2.59. The molecule has 0 spiro atoms. The second-order valence-corrected chi connectivity index (χ2v) is 6.94. The van der Waals surface area contributed by atoms with Crippen molar-refractivity contribution >= 4 is 11.9 Å². The number of esters is 2. The Labute approximate surface area is 154 Å². The van der Waals surface area contributed by atoms with Crippen LogP contribution >= 0.6 is 0 Å². The number of hydrogen-bond acceptors (Lipinski definition) is 4. The second kappa shape index (κ2) is 15.0. The van der Waals surface area contributed by atoms with Crippen molar-refractivity contribution in [1.29, 1.82) is 0 Å². The summed E-state index contributed by atoms with van der Waals surface area (Å²) in [6, 6.07) is 0. The number of hydrogen-bond donors (Lipinski definition) is 0. The Morgan fingerprint density at radius 2 is 1.52 bits per heavy atom. The molecule has 0 N–H and O–H groups in total. The van der Waals surface area contributed by atoms with Gasteiger partial charge in [-0.3, -0.25) is 9.59 Å². The highest BCUT2D eigenvalue weighted by Gasteiger charge is 2.17. The summed E-state index contributed by atoms with van der Waals surface area (Å²) in [6.45, 7) is 11.3. The molecule has 0 amide bonds. The highest BCUT2D eigenvalue weighted by molar-refractivity contribution is 5.71. The fourth-order valence-electron chi connectivity index (χ4n) is 2.59. The minimum Gasteiger partial charge on any atom is -0.462 e. The van der Waals surface area contributed by atoms with Gasteiger partial charge in [0, 0.05) is 6.42 Å². The third kappa shape index (κ3) is 12.7. The molecule has 0 saturated carbocycles. The van der Waals surface area contributed by atoms with Gasteiger partial charge >= 0.3 is 11.9 Å². The Kier molecular flexibility index (Phi) is 14.2. The van der Waals surface area contributed by atoms with Gasteiger partial charge in [-0.05, 0) is 51.4 Å². The lowest BCUT2D eigenvalue weighted by Crippen LogP contribution is -2.21. The topological polar surface area (TPSA) is 52.6 Å².